The normalized spacial score (nSPS) is 14.8. The molecule has 0 aliphatic carbocycles. The van der Waals surface area contributed by atoms with E-state index in [1.165, 1.54) is 45.2 Å². The zero-order chi connectivity index (χ0) is 23.6. The lowest BCUT2D eigenvalue weighted by Gasteiger charge is -2.29. The molecule has 32 heavy (non-hydrogen) atoms. The van der Waals surface area contributed by atoms with Crippen molar-refractivity contribution in [2.45, 2.75) is 19.6 Å². The molecule has 1 heterocycles. The first kappa shape index (κ1) is 22.2. The van der Waals surface area contributed by atoms with Crippen LogP contribution in [-0.4, -0.2) is 34.7 Å². The minimum Gasteiger partial charge on any atom is -0.493 e. The predicted octanol–water partition coefficient (Wildman–Crippen LogP) is 3.52. The van der Waals surface area contributed by atoms with Crippen LogP contribution in [0.5, 0.6) is 17.2 Å². The number of hydrogen-bond donors (Lipinski definition) is 0. The van der Waals surface area contributed by atoms with Gasteiger partial charge in [0, 0.05) is 19.9 Å². The van der Waals surface area contributed by atoms with E-state index in [0.717, 1.165) is 18.2 Å². The molecule has 3 rings (SSSR count). The quantitative estimate of drug-likeness (QED) is 0.212. The molecule has 0 bridgehead atoms. The molecule has 0 atom stereocenters. The summed E-state index contributed by atoms with van der Waals surface area (Å²) >= 11 is 0. The van der Waals surface area contributed by atoms with Gasteiger partial charge in [0.15, 0.2) is 11.5 Å². The molecule has 0 N–H and O–H groups in total. The van der Waals surface area contributed by atoms with Crippen LogP contribution in [0.25, 0.3) is 6.08 Å². The number of benzene rings is 2. The van der Waals surface area contributed by atoms with Crippen LogP contribution in [-0.2, 0) is 19.1 Å². The topological polar surface area (TPSA) is 157 Å². The third-order valence-electron chi connectivity index (χ3n) is 4.19. The number of esters is 2. The molecule has 0 saturated carbocycles. The lowest BCUT2D eigenvalue weighted by Crippen LogP contribution is -2.41. The Hall–Kier alpha value is -4.48. The summed E-state index contributed by atoms with van der Waals surface area (Å²) in [5, 5.41) is 22.2. The summed E-state index contributed by atoms with van der Waals surface area (Å²) in [4.78, 5) is 44.8. The predicted molar refractivity (Wildman–Crippen MR) is 107 cm³/mol. The molecule has 1 aliphatic rings. The molecule has 0 amide bonds. The molecule has 1 saturated heterocycles. The van der Waals surface area contributed by atoms with Gasteiger partial charge in [-0.05, 0) is 29.8 Å². The second kappa shape index (κ2) is 8.34. The van der Waals surface area contributed by atoms with Crippen molar-refractivity contribution in [3.8, 4) is 17.2 Å². The van der Waals surface area contributed by atoms with E-state index in [-0.39, 0.29) is 22.8 Å². The van der Waals surface area contributed by atoms with Crippen LogP contribution in [0.2, 0.25) is 0 Å². The van der Waals surface area contributed by atoms with Crippen molar-refractivity contribution in [2.75, 3.05) is 7.11 Å². The maximum absolute atomic E-state index is 12.1. The summed E-state index contributed by atoms with van der Waals surface area (Å²) in [6.07, 6.45) is 1.24. The number of carbonyl (C=O) groups excluding carboxylic acids is 2. The highest BCUT2D eigenvalue weighted by Gasteiger charge is 2.38. The average Bonchev–Trinajstić information content (AvgIpc) is 2.70. The molecule has 0 radical (unpaired) electrons. The van der Waals surface area contributed by atoms with Crippen LogP contribution < -0.4 is 9.47 Å². The van der Waals surface area contributed by atoms with E-state index >= 15 is 0 Å². The molecule has 0 spiro atoms. The van der Waals surface area contributed by atoms with Crippen molar-refractivity contribution in [1.82, 2.24) is 0 Å². The van der Waals surface area contributed by atoms with Crippen molar-refractivity contribution in [1.29, 1.82) is 0 Å². The van der Waals surface area contributed by atoms with Gasteiger partial charge in [0.1, 0.15) is 5.57 Å². The Labute approximate surface area is 180 Å². The highest BCUT2D eigenvalue weighted by atomic mass is 16.7. The van der Waals surface area contributed by atoms with E-state index in [9.17, 15) is 29.8 Å². The first-order valence-electron chi connectivity index (χ1n) is 8.98. The monoisotopic (exact) mass is 444 g/mol. The van der Waals surface area contributed by atoms with E-state index in [1.54, 1.807) is 0 Å². The Morgan fingerprint density at radius 3 is 2.09 bits per heavy atom. The van der Waals surface area contributed by atoms with Gasteiger partial charge >= 0.3 is 17.6 Å². The fraction of sp³-hybridized carbons (Fsp3) is 0.200. The molecular weight excluding hydrogens is 428 g/mol. The summed E-state index contributed by atoms with van der Waals surface area (Å²) in [5.41, 5.74) is -1.04. The van der Waals surface area contributed by atoms with E-state index in [0.29, 0.717) is 5.56 Å². The smallest absolute Gasteiger partial charge is 0.348 e. The molecule has 1 aliphatic heterocycles. The van der Waals surface area contributed by atoms with Crippen molar-refractivity contribution >= 4 is 29.4 Å². The zero-order valence-electron chi connectivity index (χ0n) is 17.0. The van der Waals surface area contributed by atoms with Crippen molar-refractivity contribution in [3.05, 3.63) is 67.8 Å². The number of nitro benzene ring substituents is 2. The Bertz CT molecular complexity index is 1150. The lowest BCUT2D eigenvalue weighted by molar-refractivity contribution is -0.394. The second-order valence-corrected chi connectivity index (χ2v) is 6.92. The Kier molecular flexibility index (Phi) is 5.79. The summed E-state index contributed by atoms with van der Waals surface area (Å²) in [5.74, 6) is -3.16. The molecule has 12 heteroatoms. The third kappa shape index (κ3) is 4.64. The summed E-state index contributed by atoms with van der Waals surface area (Å²) in [7, 11) is 1.31. The van der Waals surface area contributed by atoms with Gasteiger partial charge in [0.25, 0.3) is 11.5 Å². The third-order valence-corrected chi connectivity index (χ3v) is 4.19. The van der Waals surface area contributed by atoms with Gasteiger partial charge in [-0.2, -0.15) is 0 Å². The number of hydrogen-bond acceptors (Lipinski definition) is 10. The number of cyclic esters (lactones) is 2. The van der Waals surface area contributed by atoms with Crippen LogP contribution in [0.3, 0.4) is 0 Å². The number of carbonyl (C=O) groups is 2. The van der Waals surface area contributed by atoms with Gasteiger partial charge in [-0.15, -0.1) is 0 Å². The number of methoxy groups -OCH3 is 1. The van der Waals surface area contributed by atoms with Crippen molar-refractivity contribution in [3.63, 3.8) is 0 Å². The Morgan fingerprint density at radius 1 is 0.906 bits per heavy atom. The molecule has 2 aromatic carbocycles. The summed E-state index contributed by atoms with van der Waals surface area (Å²) < 4.78 is 20.8. The highest BCUT2D eigenvalue weighted by Crippen LogP contribution is 2.38. The molecule has 0 unspecified atom stereocenters. The van der Waals surface area contributed by atoms with Gasteiger partial charge in [-0.25, -0.2) is 9.59 Å². The number of non-ortho nitro benzene ring substituents is 1. The van der Waals surface area contributed by atoms with E-state index in [1.807, 2.05) is 0 Å². The van der Waals surface area contributed by atoms with Gasteiger partial charge in [-0.3, -0.25) is 20.2 Å². The standard InChI is InChI=1S/C20H16N2O10/c1-20(2)31-18(23)13(19(24)32-20)8-11-4-6-16(17(9-11)29-3)30-15-7-5-12(21(25)26)10-14(15)22(27)28/h4-10H,1-3H3. The van der Waals surface area contributed by atoms with E-state index < -0.39 is 38.9 Å². The Balaban J connectivity index is 1.93. The maximum atomic E-state index is 12.1. The van der Waals surface area contributed by atoms with Gasteiger partial charge in [0.05, 0.1) is 23.0 Å². The molecule has 12 nitrogen and oxygen atoms in total. The SMILES string of the molecule is COc1cc(C=C2C(=O)OC(C)(C)OC2=O)ccc1Oc1ccc([N+](=O)[O-])cc1[N+](=O)[O-]. The highest BCUT2D eigenvalue weighted by molar-refractivity contribution is 6.18. The molecular formula is C20H16N2O10. The average molecular weight is 444 g/mol. The van der Waals surface area contributed by atoms with E-state index in [2.05, 4.69) is 0 Å². The minimum absolute atomic E-state index is 0.0570. The molecule has 0 aromatic heterocycles. The van der Waals surface area contributed by atoms with Crippen molar-refractivity contribution in [2.24, 2.45) is 0 Å². The summed E-state index contributed by atoms with van der Waals surface area (Å²) in [6.45, 7) is 2.85. The van der Waals surface area contributed by atoms with Crippen LogP contribution in [0.1, 0.15) is 19.4 Å². The van der Waals surface area contributed by atoms with Crippen LogP contribution in [0.4, 0.5) is 11.4 Å². The second-order valence-electron chi connectivity index (χ2n) is 6.92. The fourth-order valence-electron chi connectivity index (χ4n) is 2.77. The van der Waals surface area contributed by atoms with Crippen molar-refractivity contribution < 1.29 is 38.4 Å². The van der Waals surface area contributed by atoms with Crippen LogP contribution in [0.15, 0.2) is 42.0 Å². The zero-order valence-corrected chi connectivity index (χ0v) is 17.0. The largest absolute Gasteiger partial charge is 0.493 e. The fourth-order valence-corrected chi connectivity index (χ4v) is 2.77. The first-order chi connectivity index (χ1) is 15.0. The molecule has 1 fully saturated rings. The Morgan fingerprint density at radius 2 is 1.53 bits per heavy atom. The molecule has 2 aromatic rings. The number of nitro groups is 2. The number of ether oxygens (including phenoxy) is 4. The van der Waals surface area contributed by atoms with Gasteiger partial charge in [0.2, 0.25) is 5.75 Å². The number of rotatable bonds is 6. The number of nitrogens with zero attached hydrogens (tertiary/aromatic N) is 2. The molecule has 166 valence electrons. The van der Waals surface area contributed by atoms with Crippen LogP contribution in [0, 0.1) is 20.2 Å². The van der Waals surface area contributed by atoms with Gasteiger partial charge in [-0.1, -0.05) is 6.07 Å². The summed E-state index contributed by atoms with van der Waals surface area (Å²) in [6, 6.07) is 7.21. The van der Waals surface area contributed by atoms with Crippen LogP contribution >= 0.6 is 0 Å². The first-order valence-corrected chi connectivity index (χ1v) is 8.98. The van der Waals surface area contributed by atoms with E-state index in [4.69, 9.17) is 18.9 Å². The minimum atomic E-state index is -1.37. The lowest BCUT2D eigenvalue weighted by atomic mass is 10.1. The van der Waals surface area contributed by atoms with Gasteiger partial charge < -0.3 is 18.9 Å². The maximum Gasteiger partial charge on any atom is 0.348 e.